The second-order valence-electron chi connectivity index (χ2n) is 3.33. The summed E-state index contributed by atoms with van der Waals surface area (Å²) in [6.45, 7) is 3.84. The van der Waals surface area contributed by atoms with E-state index >= 15 is 0 Å². The molecule has 1 unspecified atom stereocenters. The molecule has 0 radical (unpaired) electrons. The van der Waals surface area contributed by atoms with Gasteiger partial charge in [-0.05, 0) is 25.5 Å². The van der Waals surface area contributed by atoms with Crippen LogP contribution in [0.5, 0.6) is 5.75 Å². The summed E-state index contributed by atoms with van der Waals surface area (Å²) in [5, 5.41) is 3.85. The Labute approximate surface area is 95.6 Å². The van der Waals surface area contributed by atoms with Gasteiger partial charge in [0.1, 0.15) is 5.75 Å². The minimum absolute atomic E-state index is 0.0422. The molecule has 0 saturated heterocycles. The van der Waals surface area contributed by atoms with Gasteiger partial charge in [0.05, 0.1) is 18.8 Å². The van der Waals surface area contributed by atoms with Crippen LogP contribution in [0.25, 0.3) is 0 Å². The molecule has 0 fully saturated rings. The fourth-order valence-corrected chi connectivity index (χ4v) is 1.37. The van der Waals surface area contributed by atoms with Gasteiger partial charge in [0.15, 0.2) is 0 Å². The first-order chi connectivity index (χ1) is 7.08. The number of anilines is 1. The van der Waals surface area contributed by atoms with E-state index in [2.05, 4.69) is 11.2 Å². The summed E-state index contributed by atoms with van der Waals surface area (Å²) >= 11 is 5.99. The first-order valence-electron chi connectivity index (χ1n) is 4.65. The van der Waals surface area contributed by atoms with Crippen LogP contribution in [0.1, 0.15) is 12.5 Å². The molecule has 0 aliphatic rings. The quantitative estimate of drug-likeness (QED) is 0.796. The van der Waals surface area contributed by atoms with Gasteiger partial charge >= 0.3 is 0 Å². The van der Waals surface area contributed by atoms with Crippen molar-refractivity contribution >= 4 is 17.3 Å². The maximum atomic E-state index is 5.99. The Morgan fingerprint density at radius 2 is 2.20 bits per heavy atom. The van der Waals surface area contributed by atoms with Crippen LogP contribution >= 0.6 is 11.6 Å². The Hall–Kier alpha value is -1.33. The number of aryl methyl sites for hydroxylation is 1. The highest BCUT2D eigenvalue weighted by Gasteiger charge is 2.08. The van der Waals surface area contributed by atoms with E-state index in [1.165, 1.54) is 0 Å². The van der Waals surface area contributed by atoms with Crippen molar-refractivity contribution in [2.75, 3.05) is 12.4 Å². The average molecular weight is 224 g/mol. The van der Waals surface area contributed by atoms with E-state index in [1.807, 2.05) is 19.9 Å². The monoisotopic (exact) mass is 223 g/mol. The van der Waals surface area contributed by atoms with Crippen molar-refractivity contribution in [2.45, 2.75) is 19.9 Å². The molecule has 0 spiro atoms. The van der Waals surface area contributed by atoms with E-state index in [0.717, 1.165) is 11.3 Å². The van der Waals surface area contributed by atoms with E-state index in [1.54, 1.807) is 13.2 Å². The summed E-state index contributed by atoms with van der Waals surface area (Å²) in [5.41, 5.74) is 1.86. The normalized spacial score (nSPS) is 11.7. The number of benzene rings is 1. The largest absolute Gasteiger partial charge is 0.495 e. The third-order valence-corrected chi connectivity index (χ3v) is 2.51. The minimum atomic E-state index is -0.0422. The molecule has 80 valence electrons. The number of hydrogen-bond donors (Lipinski definition) is 1. The molecular formula is C12H14ClNO. The van der Waals surface area contributed by atoms with E-state index in [4.69, 9.17) is 22.8 Å². The molecule has 1 aromatic carbocycles. The van der Waals surface area contributed by atoms with Gasteiger partial charge in [-0.3, -0.25) is 0 Å². The fourth-order valence-electron chi connectivity index (χ4n) is 1.22. The first kappa shape index (κ1) is 11.7. The number of hydrogen-bond acceptors (Lipinski definition) is 2. The molecule has 15 heavy (non-hydrogen) atoms. The van der Waals surface area contributed by atoms with E-state index in [9.17, 15) is 0 Å². The van der Waals surface area contributed by atoms with Gasteiger partial charge in [-0.25, -0.2) is 0 Å². The molecule has 1 N–H and O–H groups in total. The van der Waals surface area contributed by atoms with Gasteiger partial charge in [0, 0.05) is 11.1 Å². The van der Waals surface area contributed by atoms with Crippen LogP contribution in [-0.2, 0) is 0 Å². The Morgan fingerprint density at radius 3 is 2.73 bits per heavy atom. The highest BCUT2D eigenvalue weighted by Crippen LogP contribution is 2.31. The summed E-state index contributed by atoms with van der Waals surface area (Å²) in [4.78, 5) is 0. The highest BCUT2D eigenvalue weighted by atomic mass is 35.5. The second-order valence-corrected chi connectivity index (χ2v) is 3.74. The third kappa shape index (κ3) is 2.81. The van der Waals surface area contributed by atoms with Crippen molar-refractivity contribution in [3.05, 3.63) is 22.7 Å². The van der Waals surface area contributed by atoms with Crippen molar-refractivity contribution in [2.24, 2.45) is 0 Å². The zero-order chi connectivity index (χ0) is 11.4. The predicted octanol–water partition coefficient (Wildman–Crippen LogP) is 3.09. The molecule has 0 amide bonds. The molecule has 3 heteroatoms. The standard InChI is InChI=1S/C12H14ClNO/c1-5-9(3)14-11-6-8(2)10(13)7-12(11)15-4/h1,6-7,9,14H,2-4H3. The molecular weight excluding hydrogens is 210 g/mol. The molecule has 0 bridgehead atoms. The van der Waals surface area contributed by atoms with Gasteiger partial charge < -0.3 is 10.1 Å². The number of halogens is 1. The van der Waals surface area contributed by atoms with Crippen molar-refractivity contribution in [3.8, 4) is 18.1 Å². The molecule has 0 saturated carbocycles. The van der Waals surface area contributed by atoms with Gasteiger partial charge in [-0.2, -0.15) is 0 Å². The molecule has 1 aromatic rings. The molecule has 1 rings (SSSR count). The summed E-state index contributed by atoms with van der Waals surface area (Å²) in [7, 11) is 1.60. The van der Waals surface area contributed by atoms with Crippen LogP contribution in [0.3, 0.4) is 0 Å². The van der Waals surface area contributed by atoms with Gasteiger partial charge in [-0.1, -0.05) is 17.5 Å². The number of rotatable bonds is 3. The highest BCUT2D eigenvalue weighted by molar-refractivity contribution is 6.31. The van der Waals surface area contributed by atoms with Crippen LogP contribution in [-0.4, -0.2) is 13.2 Å². The Balaban J connectivity index is 3.06. The lowest BCUT2D eigenvalue weighted by atomic mass is 10.2. The van der Waals surface area contributed by atoms with Crippen molar-refractivity contribution < 1.29 is 4.74 Å². The first-order valence-corrected chi connectivity index (χ1v) is 5.03. The van der Waals surface area contributed by atoms with Crippen molar-refractivity contribution in [1.29, 1.82) is 0 Å². The molecule has 2 nitrogen and oxygen atoms in total. The SMILES string of the molecule is C#CC(C)Nc1cc(C)c(Cl)cc1OC. The van der Waals surface area contributed by atoms with Gasteiger partial charge in [0.25, 0.3) is 0 Å². The van der Waals surface area contributed by atoms with E-state index in [0.29, 0.717) is 10.8 Å². The lowest BCUT2D eigenvalue weighted by Crippen LogP contribution is -2.12. The third-order valence-electron chi connectivity index (χ3n) is 2.10. The molecule has 0 aliphatic heterocycles. The van der Waals surface area contributed by atoms with Crippen LogP contribution in [0.2, 0.25) is 5.02 Å². The smallest absolute Gasteiger partial charge is 0.143 e. The molecule has 0 aliphatic carbocycles. The Morgan fingerprint density at radius 1 is 1.53 bits per heavy atom. The minimum Gasteiger partial charge on any atom is -0.495 e. The Kier molecular flexibility index (Phi) is 3.88. The molecule has 1 atom stereocenters. The summed E-state index contributed by atoms with van der Waals surface area (Å²) in [6.07, 6.45) is 5.30. The number of nitrogens with one attached hydrogen (secondary N) is 1. The van der Waals surface area contributed by atoms with Crippen LogP contribution in [0, 0.1) is 19.3 Å². The zero-order valence-corrected chi connectivity index (χ0v) is 9.85. The maximum Gasteiger partial charge on any atom is 0.143 e. The zero-order valence-electron chi connectivity index (χ0n) is 9.10. The maximum absolute atomic E-state index is 5.99. The van der Waals surface area contributed by atoms with Crippen LogP contribution in [0.4, 0.5) is 5.69 Å². The predicted molar refractivity (Wildman–Crippen MR) is 64.7 cm³/mol. The summed E-state index contributed by atoms with van der Waals surface area (Å²) in [6, 6.07) is 3.66. The molecule has 0 aromatic heterocycles. The number of ether oxygens (including phenoxy) is 1. The summed E-state index contributed by atoms with van der Waals surface area (Å²) < 4.78 is 5.21. The van der Waals surface area contributed by atoms with E-state index in [-0.39, 0.29) is 6.04 Å². The topological polar surface area (TPSA) is 21.3 Å². The van der Waals surface area contributed by atoms with Crippen molar-refractivity contribution in [3.63, 3.8) is 0 Å². The summed E-state index contributed by atoms with van der Waals surface area (Å²) in [5.74, 6) is 3.30. The molecule has 0 heterocycles. The number of terminal acetylenes is 1. The van der Waals surface area contributed by atoms with Crippen LogP contribution < -0.4 is 10.1 Å². The lowest BCUT2D eigenvalue weighted by molar-refractivity contribution is 0.416. The van der Waals surface area contributed by atoms with Crippen LogP contribution in [0.15, 0.2) is 12.1 Å². The van der Waals surface area contributed by atoms with Gasteiger partial charge in [-0.15, -0.1) is 6.42 Å². The Bertz CT molecular complexity index is 395. The lowest BCUT2D eigenvalue weighted by Gasteiger charge is -2.14. The van der Waals surface area contributed by atoms with Crippen molar-refractivity contribution in [1.82, 2.24) is 0 Å². The fraction of sp³-hybridized carbons (Fsp3) is 0.333. The number of methoxy groups -OCH3 is 1. The second kappa shape index (κ2) is 4.95. The average Bonchev–Trinajstić information content (AvgIpc) is 2.22. The van der Waals surface area contributed by atoms with E-state index < -0.39 is 0 Å². The van der Waals surface area contributed by atoms with Gasteiger partial charge in [0.2, 0.25) is 0 Å².